The number of carbonyl (C=O) groups excluding carboxylic acids is 1. The van der Waals surface area contributed by atoms with E-state index < -0.39 is 0 Å². The van der Waals surface area contributed by atoms with Gasteiger partial charge >= 0.3 is 0 Å². The van der Waals surface area contributed by atoms with E-state index >= 15 is 0 Å². The predicted octanol–water partition coefficient (Wildman–Crippen LogP) is 3.47. The number of methoxy groups -OCH3 is 2. The molecule has 0 fully saturated rings. The largest absolute Gasteiger partial charge is 0.480 e. The number of benzene rings is 1. The Morgan fingerprint density at radius 2 is 2.00 bits per heavy atom. The first-order valence-corrected chi connectivity index (χ1v) is 8.99. The van der Waals surface area contributed by atoms with Gasteiger partial charge in [0.05, 0.1) is 29.9 Å². The van der Waals surface area contributed by atoms with Crippen molar-refractivity contribution in [1.29, 1.82) is 5.26 Å². The molecule has 1 N–H and O–H groups in total. The van der Waals surface area contributed by atoms with Crippen molar-refractivity contribution in [3.63, 3.8) is 0 Å². The zero-order valence-electron chi connectivity index (χ0n) is 15.2. The Kier molecular flexibility index (Phi) is 5.64. The van der Waals surface area contributed by atoms with Gasteiger partial charge in [0.15, 0.2) is 5.82 Å². The fraction of sp³-hybridized carbons (Fsp3) is 0.263. The predicted molar refractivity (Wildman–Crippen MR) is 103 cm³/mol. The normalized spacial score (nSPS) is 10.6. The molecule has 0 atom stereocenters. The van der Waals surface area contributed by atoms with Crippen molar-refractivity contribution in [2.45, 2.75) is 20.0 Å². The molecule has 2 heterocycles. The molecule has 3 rings (SSSR count). The quantitative estimate of drug-likeness (QED) is 0.701. The summed E-state index contributed by atoms with van der Waals surface area (Å²) in [6.45, 7) is 2.12. The standard InChI is InChI=1S/C19H18N4O3S/c1-11-15-18(26-3)22-14(10-25-2)23-19(15)27-16(11)17(24)21-13-6-4-12(5-7-13)8-9-20/h4-7H,8,10H2,1-3H3,(H,21,24). The van der Waals surface area contributed by atoms with Crippen molar-refractivity contribution in [3.05, 3.63) is 46.1 Å². The summed E-state index contributed by atoms with van der Waals surface area (Å²) in [4.78, 5) is 22.8. The lowest BCUT2D eigenvalue weighted by molar-refractivity contribution is 0.103. The van der Waals surface area contributed by atoms with Crippen LogP contribution >= 0.6 is 11.3 Å². The topological polar surface area (TPSA) is 97.1 Å². The van der Waals surface area contributed by atoms with Crippen LogP contribution in [0.1, 0.15) is 26.6 Å². The number of ether oxygens (including phenoxy) is 2. The minimum Gasteiger partial charge on any atom is -0.480 e. The SMILES string of the molecule is COCc1nc(OC)c2c(C)c(C(=O)Nc3ccc(CC#N)cc3)sc2n1. The summed E-state index contributed by atoms with van der Waals surface area (Å²) in [7, 11) is 3.11. The van der Waals surface area contributed by atoms with Gasteiger partial charge in [-0.25, -0.2) is 4.98 Å². The fourth-order valence-electron chi connectivity index (χ4n) is 2.69. The minimum atomic E-state index is -0.223. The first-order valence-electron chi connectivity index (χ1n) is 8.17. The number of thiophene rings is 1. The Labute approximate surface area is 160 Å². The lowest BCUT2D eigenvalue weighted by Crippen LogP contribution is -2.11. The average Bonchev–Trinajstić information content (AvgIpc) is 3.00. The van der Waals surface area contributed by atoms with E-state index in [2.05, 4.69) is 21.4 Å². The maximum absolute atomic E-state index is 12.8. The van der Waals surface area contributed by atoms with Crippen LogP contribution in [-0.4, -0.2) is 30.1 Å². The zero-order chi connectivity index (χ0) is 19.4. The third kappa shape index (κ3) is 3.89. The highest BCUT2D eigenvalue weighted by Crippen LogP contribution is 2.35. The molecule has 0 bridgehead atoms. The summed E-state index contributed by atoms with van der Waals surface area (Å²) >= 11 is 1.29. The highest BCUT2D eigenvalue weighted by molar-refractivity contribution is 7.20. The molecule has 0 saturated carbocycles. The number of nitriles is 1. The second kappa shape index (κ2) is 8.12. The first-order chi connectivity index (χ1) is 13.1. The number of rotatable bonds is 6. The summed E-state index contributed by atoms with van der Waals surface area (Å²) in [5.41, 5.74) is 2.34. The smallest absolute Gasteiger partial charge is 0.266 e. The number of anilines is 1. The third-order valence-electron chi connectivity index (χ3n) is 3.97. The Morgan fingerprint density at radius 3 is 2.63 bits per heavy atom. The Hall–Kier alpha value is -3.02. The van der Waals surface area contributed by atoms with Crippen LogP contribution in [0, 0.1) is 18.3 Å². The minimum absolute atomic E-state index is 0.223. The van der Waals surface area contributed by atoms with Crippen molar-refractivity contribution in [2.24, 2.45) is 0 Å². The molecule has 1 amide bonds. The van der Waals surface area contributed by atoms with Gasteiger partial charge < -0.3 is 14.8 Å². The number of nitrogens with one attached hydrogen (secondary N) is 1. The molecule has 138 valence electrons. The summed E-state index contributed by atoms with van der Waals surface area (Å²) in [6, 6.07) is 9.30. The molecule has 0 aliphatic rings. The molecular formula is C19H18N4O3S. The van der Waals surface area contributed by atoms with E-state index in [9.17, 15) is 4.79 Å². The molecule has 0 aliphatic carbocycles. The van der Waals surface area contributed by atoms with Crippen LogP contribution < -0.4 is 10.1 Å². The van der Waals surface area contributed by atoms with Crippen molar-refractivity contribution >= 4 is 33.1 Å². The molecular weight excluding hydrogens is 364 g/mol. The van der Waals surface area contributed by atoms with Gasteiger partial charge in [-0.1, -0.05) is 12.1 Å². The molecule has 8 heteroatoms. The second-order valence-corrected chi connectivity index (χ2v) is 6.80. The average molecular weight is 382 g/mol. The molecule has 3 aromatic rings. The maximum Gasteiger partial charge on any atom is 0.266 e. The summed E-state index contributed by atoms with van der Waals surface area (Å²) in [6.07, 6.45) is 0.339. The molecule has 27 heavy (non-hydrogen) atoms. The number of carbonyl (C=O) groups is 1. The summed E-state index contributed by atoms with van der Waals surface area (Å²) in [5.74, 6) is 0.711. The summed E-state index contributed by atoms with van der Waals surface area (Å²) < 4.78 is 10.5. The number of hydrogen-bond acceptors (Lipinski definition) is 7. The van der Waals surface area contributed by atoms with E-state index in [1.165, 1.54) is 18.4 Å². The van der Waals surface area contributed by atoms with Gasteiger partial charge in [-0.05, 0) is 30.2 Å². The number of nitrogens with zero attached hydrogens (tertiary/aromatic N) is 3. The number of hydrogen-bond donors (Lipinski definition) is 1. The van der Waals surface area contributed by atoms with E-state index in [1.54, 1.807) is 19.2 Å². The van der Waals surface area contributed by atoms with E-state index in [1.807, 2.05) is 19.1 Å². The monoisotopic (exact) mass is 382 g/mol. The summed E-state index contributed by atoms with van der Waals surface area (Å²) in [5, 5.41) is 12.3. The van der Waals surface area contributed by atoms with Gasteiger partial charge in [0.1, 0.15) is 11.4 Å². The van der Waals surface area contributed by atoms with E-state index in [4.69, 9.17) is 14.7 Å². The number of aromatic nitrogens is 2. The van der Waals surface area contributed by atoms with Crippen LogP contribution in [0.3, 0.4) is 0 Å². The van der Waals surface area contributed by atoms with Crippen molar-refractivity contribution < 1.29 is 14.3 Å². The number of fused-ring (bicyclic) bond motifs is 1. The van der Waals surface area contributed by atoms with Gasteiger partial charge in [-0.3, -0.25) is 4.79 Å². The molecule has 0 spiro atoms. The second-order valence-electron chi connectivity index (χ2n) is 5.80. The van der Waals surface area contributed by atoms with Crippen LogP contribution in [0.5, 0.6) is 5.88 Å². The van der Waals surface area contributed by atoms with Crippen LogP contribution in [0.25, 0.3) is 10.2 Å². The number of aryl methyl sites for hydroxylation is 1. The molecule has 7 nitrogen and oxygen atoms in total. The molecule has 0 saturated heterocycles. The van der Waals surface area contributed by atoms with Crippen LogP contribution in [0.4, 0.5) is 5.69 Å². The van der Waals surface area contributed by atoms with E-state index in [-0.39, 0.29) is 12.5 Å². The van der Waals surface area contributed by atoms with E-state index in [0.29, 0.717) is 33.5 Å². The zero-order valence-corrected chi connectivity index (χ0v) is 16.0. The lowest BCUT2D eigenvalue weighted by Gasteiger charge is -2.06. The van der Waals surface area contributed by atoms with Crippen molar-refractivity contribution in [2.75, 3.05) is 19.5 Å². The van der Waals surface area contributed by atoms with Gasteiger partial charge in [-0.15, -0.1) is 11.3 Å². The van der Waals surface area contributed by atoms with Crippen molar-refractivity contribution in [3.8, 4) is 11.9 Å². The molecule has 0 unspecified atom stereocenters. The molecule has 2 aromatic heterocycles. The van der Waals surface area contributed by atoms with E-state index in [0.717, 1.165) is 16.5 Å². The maximum atomic E-state index is 12.8. The molecule has 0 radical (unpaired) electrons. The Morgan fingerprint density at radius 1 is 1.26 bits per heavy atom. The first kappa shape index (κ1) is 18.8. The molecule has 1 aromatic carbocycles. The highest BCUT2D eigenvalue weighted by atomic mass is 32.1. The van der Waals surface area contributed by atoms with Gasteiger partial charge in [0, 0.05) is 12.8 Å². The van der Waals surface area contributed by atoms with Gasteiger partial charge in [0.25, 0.3) is 5.91 Å². The fourth-order valence-corrected chi connectivity index (χ4v) is 3.77. The Bertz CT molecular complexity index is 1020. The number of amides is 1. The lowest BCUT2D eigenvalue weighted by atomic mass is 10.1. The van der Waals surface area contributed by atoms with Crippen LogP contribution in [0.2, 0.25) is 0 Å². The van der Waals surface area contributed by atoms with Gasteiger partial charge in [0.2, 0.25) is 5.88 Å². The third-order valence-corrected chi connectivity index (χ3v) is 5.16. The Balaban J connectivity index is 1.92. The van der Waals surface area contributed by atoms with Crippen molar-refractivity contribution in [1.82, 2.24) is 9.97 Å². The highest BCUT2D eigenvalue weighted by Gasteiger charge is 2.21. The van der Waals surface area contributed by atoms with Crippen LogP contribution in [0.15, 0.2) is 24.3 Å². The van der Waals surface area contributed by atoms with Gasteiger partial charge in [-0.2, -0.15) is 10.2 Å². The van der Waals surface area contributed by atoms with Crippen LogP contribution in [-0.2, 0) is 17.8 Å². The molecule has 0 aliphatic heterocycles.